The minimum Gasteiger partial charge on any atom is -0.316 e. The number of aryl methyl sites for hydroxylation is 1. The Morgan fingerprint density at radius 3 is 2.26 bits per heavy atom. The first-order valence-corrected chi connectivity index (χ1v) is 14.4. The molecule has 7 nitrogen and oxygen atoms in total. The van der Waals surface area contributed by atoms with E-state index in [0.717, 1.165) is 21.3 Å². The zero-order chi connectivity index (χ0) is 28.3. The molecule has 0 saturated carbocycles. The van der Waals surface area contributed by atoms with Crippen LogP contribution in [0.25, 0.3) is 5.69 Å². The van der Waals surface area contributed by atoms with Crippen LogP contribution >= 0.6 is 46.4 Å². The van der Waals surface area contributed by atoms with E-state index >= 15 is 0 Å². The number of amides is 1. The Hall–Kier alpha value is -3.01. The SMILES string of the molecule is Cc1cc(/C=N\NC(=O)CN(c2cc(Cl)cc(Cl)c2)S(=O)(=O)c2ccccc2)c(C)n1-c1cc(Cl)ccc1Cl. The molecule has 0 radical (unpaired) electrons. The van der Waals surface area contributed by atoms with E-state index in [1.807, 2.05) is 24.5 Å². The number of anilines is 1. The van der Waals surface area contributed by atoms with Crippen molar-refractivity contribution in [2.45, 2.75) is 18.7 Å². The summed E-state index contributed by atoms with van der Waals surface area (Å²) in [5, 5.41) is 5.57. The molecule has 4 rings (SSSR count). The van der Waals surface area contributed by atoms with Gasteiger partial charge in [0.2, 0.25) is 0 Å². The fourth-order valence-corrected chi connectivity index (χ4v) is 6.31. The van der Waals surface area contributed by atoms with Crippen LogP contribution in [0.4, 0.5) is 5.69 Å². The standard InChI is InChI=1S/C27H22Cl4N4O3S/c1-17-10-19(18(2)35(17)26-14-20(28)8-9-25(26)31)15-32-33-27(36)16-34(23-12-21(29)11-22(30)13-23)39(37,38)24-6-4-3-5-7-24/h3-15H,16H2,1-2H3,(H,33,36)/b32-15-. The van der Waals surface area contributed by atoms with Crippen LogP contribution in [-0.2, 0) is 14.8 Å². The lowest BCUT2D eigenvalue weighted by Crippen LogP contribution is -2.39. The lowest BCUT2D eigenvalue weighted by molar-refractivity contribution is -0.119. The highest BCUT2D eigenvalue weighted by molar-refractivity contribution is 7.92. The summed E-state index contributed by atoms with van der Waals surface area (Å²) in [4.78, 5) is 12.9. The second-order valence-corrected chi connectivity index (χ2v) is 12.1. The third kappa shape index (κ3) is 6.59. The average Bonchev–Trinajstić information content (AvgIpc) is 3.16. The Kier molecular flexibility index (Phi) is 8.93. The zero-order valence-electron chi connectivity index (χ0n) is 20.7. The van der Waals surface area contributed by atoms with E-state index in [2.05, 4.69) is 10.5 Å². The van der Waals surface area contributed by atoms with E-state index in [4.69, 9.17) is 46.4 Å². The van der Waals surface area contributed by atoms with Gasteiger partial charge in [-0.25, -0.2) is 13.8 Å². The number of nitrogens with one attached hydrogen (secondary N) is 1. The highest BCUT2D eigenvalue weighted by Gasteiger charge is 2.27. The number of hydrogen-bond acceptors (Lipinski definition) is 4. The maximum atomic E-state index is 13.5. The van der Waals surface area contributed by atoms with Crippen molar-refractivity contribution >= 4 is 74.2 Å². The fraction of sp³-hybridized carbons (Fsp3) is 0.111. The van der Waals surface area contributed by atoms with Crippen LogP contribution < -0.4 is 9.73 Å². The third-order valence-corrected chi connectivity index (χ3v) is 8.55. The van der Waals surface area contributed by atoms with Crippen molar-refractivity contribution in [1.82, 2.24) is 9.99 Å². The molecule has 0 aliphatic rings. The summed E-state index contributed by atoms with van der Waals surface area (Å²) in [5.74, 6) is -0.673. The number of nitrogens with zero attached hydrogens (tertiary/aromatic N) is 3. The predicted octanol–water partition coefficient (Wildman–Crippen LogP) is 7.05. The fourth-order valence-electron chi connectivity index (χ4n) is 4.00. The summed E-state index contributed by atoms with van der Waals surface area (Å²) in [6, 6.07) is 19.1. The van der Waals surface area contributed by atoms with Gasteiger partial charge in [-0.1, -0.05) is 64.6 Å². The number of carbonyl (C=O) groups excluding carboxylic acids is 1. The van der Waals surface area contributed by atoms with Crippen molar-refractivity contribution < 1.29 is 13.2 Å². The predicted molar refractivity (Wildman–Crippen MR) is 158 cm³/mol. The molecule has 0 fully saturated rings. The van der Waals surface area contributed by atoms with E-state index in [1.54, 1.807) is 36.4 Å². The van der Waals surface area contributed by atoms with Gasteiger partial charge in [0.05, 0.1) is 27.5 Å². The van der Waals surface area contributed by atoms with Crippen LogP contribution in [-0.4, -0.2) is 31.7 Å². The van der Waals surface area contributed by atoms with Gasteiger partial charge < -0.3 is 4.57 Å². The zero-order valence-corrected chi connectivity index (χ0v) is 24.5. The van der Waals surface area contributed by atoms with Crippen LogP contribution in [0.2, 0.25) is 20.1 Å². The van der Waals surface area contributed by atoms with E-state index in [9.17, 15) is 13.2 Å². The van der Waals surface area contributed by atoms with Gasteiger partial charge in [0.15, 0.2) is 0 Å². The van der Waals surface area contributed by atoms with E-state index in [1.165, 1.54) is 36.5 Å². The summed E-state index contributed by atoms with van der Waals surface area (Å²) >= 11 is 24.8. The highest BCUT2D eigenvalue weighted by atomic mass is 35.5. The van der Waals surface area contributed by atoms with Crippen LogP contribution in [0, 0.1) is 13.8 Å². The van der Waals surface area contributed by atoms with Crippen molar-refractivity contribution in [2.24, 2.45) is 5.10 Å². The smallest absolute Gasteiger partial charge is 0.264 e. The molecule has 0 aliphatic carbocycles. The Morgan fingerprint density at radius 2 is 1.59 bits per heavy atom. The van der Waals surface area contributed by atoms with Crippen molar-refractivity contribution in [2.75, 3.05) is 10.8 Å². The number of sulfonamides is 1. The minimum absolute atomic E-state index is 0.00418. The van der Waals surface area contributed by atoms with Gasteiger partial charge in [0.1, 0.15) is 6.54 Å². The molecular weight excluding hydrogens is 602 g/mol. The van der Waals surface area contributed by atoms with Crippen molar-refractivity contribution in [3.63, 3.8) is 0 Å². The molecule has 1 N–H and O–H groups in total. The summed E-state index contributed by atoms with van der Waals surface area (Å²) in [6.45, 7) is 3.22. The number of rotatable bonds is 8. The Balaban J connectivity index is 1.58. The van der Waals surface area contributed by atoms with Crippen molar-refractivity contribution in [3.8, 4) is 5.69 Å². The van der Waals surface area contributed by atoms with Crippen molar-refractivity contribution in [1.29, 1.82) is 0 Å². The topological polar surface area (TPSA) is 83.8 Å². The van der Waals surface area contributed by atoms with Crippen LogP contribution in [0.3, 0.4) is 0 Å². The van der Waals surface area contributed by atoms with E-state index < -0.39 is 22.5 Å². The van der Waals surface area contributed by atoms with Gasteiger partial charge in [-0.05, 0) is 68.4 Å². The Morgan fingerprint density at radius 1 is 0.923 bits per heavy atom. The Labute approximate surface area is 246 Å². The van der Waals surface area contributed by atoms with Gasteiger partial charge in [0, 0.05) is 32.0 Å². The summed E-state index contributed by atoms with van der Waals surface area (Å²) in [7, 11) is -4.13. The van der Waals surface area contributed by atoms with Crippen LogP contribution in [0.5, 0.6) is 0 Å². The summed E-state index contributed by atoms with van der Waals surface area (Å²) in [5.41, 5.74) is 5.67. The van der Waals surface area contributed by atoms with Gasteiger partial charge in [-0.15, -0.1) is 0 Å². The number of aromatic nitrogens is 1. The van der Waals surface area contributed by atoms with Crippen molar-refractivity contribution in [3.05, 3.63) is 110 Å². The average molecular weight is 624 g/mol. The third-order valence-electron chi connectivity index (χ3n) is 5.77. The molecule has 0 saturated heterocycles. The van der Waals surface area contributed by atoms with Crippen LogP contribution in [0.1, 0.15) is 17.0 Å². The lowest BCUT2D eigenvalue weighted by atomic mass is 10.2. The van der Waals surface area contributed by atoms with Gasteiger partial charge in [-0.3, -0.25) is 9.10 Å². The normalized spacial score (nSPS) is 11.6. The van der Waals surface area contributed by atoms with Gasteiger partial charge in [-0.2, -0.15) is 5.10 Å². The molecule has 1 heterocycles. The molecule has 12 heteroatoms. The molecule has 1 aromatic heterocycles. The number of hydrazone groups is 1. The van der Waals surface area contributed by atoms with E-state index in [0.29, 0.717) is 15.7 Å². The first-order valence-electron chi connectivity index (χ1n) is 11.5. The number of benzene rings is 3. The molecular formula is C27H22Cl4N4O3S. The van der Waals surface area contributed by atoms with Gasteiger partial charge >= 0.3 is 0 Å². The second kappa shape index (κ2) is 12.0. The lowest BCUT2D eigenvalue weighted by Gasteiger charge is -2.24. The number of hydrogen-bond donors (Lipinski definition) is 1. The summed E-state index contributed by atoms with van der Waals surface area (Å²) < 4.78 is 29.8. The highest BCUT2D eigenvalue weighted by Crippen LogP contribution is 2.30. The second-order valence-electron chi connectivity index (χ2n) is 8.50. The number of carbonyl (C=O) groups is 1. The summed E-state index contributed by atoms with van der Waals surface area (Å²) in [6.07, 6.45) is 1.47. The first kappa shape index (κ1) is 29.0. The molecule has 4 aromatic rings. The molecule has 0 unspecified atom stereocenters. The monoisotopic (exact) mass is 622 g/mol. The maximum Gasteiger partial charge on any atom is 0.264 e. The molecule has 0 spiro atoms. The molecule has 39 heavy (non-hydrogen) atoms. The minimum atomic E-state index is -4.13. The molecule has 0 aliphatic heterocycles. The Bertz CT molecular complexity index is 1650. The number of halogens is 4. The molecule has 0 bridgehead atoms. The molecule has 0 atom stereocenters. The maximum absolute atomic E-state index is 13.5. The molecule has 1 amide bonds. The van der Waals surface area contributed by atoms with Gasteiger partial charge in [0.25, 0.3) is 15.9 Å². The largest absolute Gasteiger partial charge is 0.316 e. The van der Waals surface area contributed by atoms with E-state index in [-0.39, 0.29) is 20.6 Å². The quantitative estimate of drug-likeness (QED) is 0.169. The first-order chi connectivity index (χ1) is 18.5. The molecule has 202 valence electrons. The molecule has 3 aromatic carbocycles. The van der Waals surface area contributed by atoms with Crippen LogP contribution in [0.15, 0.2) is 82.8 Å².